The molecule has 1 fully saturated rings. The number of carbonyl (C=O) groups is 1. The van der Waals surface area contributed by atoms with Gasteiger partial charge in [-0.2, -0.15) is 5.10 Å². The summed E-state index contributed by atoms with van der Waals surface area (Å²) in [5.74, 6) is 0.881. The smallest absolute Gasteiger partial charge is 0.337 e. The summed E-state index contributed by atoms with van der Waals surface area (Å²) in [6, 6.07) is 15.2. The molecule has 0 saturated carbocycles. The molecule has 138 valence electrons. The number of nitrogens with one attached hydrogen (secondary N) is 1. The average molecular weight is 363 g/mol. The van der Waals surface area contributed by atoms with E-state index in [0.717, 1.165) is 24.2 Å². The Morgan fingerprint density at radius 2 is 1.81 bits per heavy atom. The highest BCUT2D eigenvalue weighted by Gasteiger charge is 2.28. The first-order chi connectivity index (χ1) is 13.2. The molecule has 4 rings (SSSR count). The highest BCUT2D eigenvalue weighted by atomic mass is 16.2. The van der Waals surface area contributed by atoms with Crippen LogP contribution in [0.25, 0.3) is 0 Å². The van der Waals surface area contributed by atoms with Crippen LogP contribution in [0.15, 0.2) is 59.5 Å². The lowest BCUT2D eigenvalue weighted by atomic mass is 9.95. The molecule has 0 atom stereocenters. The Balaban J connectivity index is 1.46. The fourth-order valence-electron chi connectivity index (χ4n) is 3.55. The van der Waals surface area contributed by atoms with Gasteiger partial charge in [0.2, 0.25) is 0 Å². The quantitative estimate of drug-likeness (QED) is 0.769. The van der Waals surface area contributed by atoms with Crippen LogP contribution in [0.4, 0.5) is 0 Å². The van der Waals surface area contributed by atoms with E-state index in [1.165, 1.54) is 0 Å². The van der Waals surface area contributed by atoms with Crippen molar-refractivity contribution in [2.24, 2.45) is 0 Å². The number of piperidine rings is 1. The minimum Gasteiger partial charge on any atom is -0.337 e. The van der Waals surface area contributed by atoms with Crippen molar-refractivity contribution in [1.29, 1.82) is 0 Å². The zero-order valence-electron chi connectivity index (χ0n) is 14.9. The van der Waals surface area contributed by atoms with Gasteiger partial charge in [0, 0.05) is 25.2 Å². The number of aromatic nitrogens is 4. The molecule has 3 heterocycles. The van der Waals surface area contributed by atoms with Gasteiger partial charge in [-0.05, 0) is 30.5 Å². The van der Waals surface area contributed by atoms with Crippen molar-refractivity contribution in [3.63, 3.8) is 0 Å². The van der Waals surface area contributed by atoms with E-state index < -0.39 is 0 Å². The molecule has 0 bridgehead atoms. The Hall–Kier alpha value is -3.22. The topological polar surface area (TPSA) is 83.9 Å². The summed E-state index contributed by atoms with van der Waals surface area (Å²) in [6.07, 6.45) is 3.18. The number of hydrogen-bond acceptors (Lipinski definition) is 4. The van der Waals surface area contributed by atoms with Crippen LogP contribution in [0, 0.1) is 0 Å². The van der Waals surface area contributed by atoms with Gasteiger partial charge < -0.3 is 4.90 Å². The molecular formula is C20H21N5O2. The van der Waals surface area contributed by atoms with E-state index in [0.29, 0.717) is 25.3 Å². The maximum absolute atomic E-state index is 12.5. The van der Waals surface area contributed by atoms with Crippen molar-refractivity contribution < 1.29 is 4.79 Å². The van der Waals surface area contributed by atoms with Crippen LogP contribution in [0.2, 0.25) is 0 Å². The summed E-state index contributed by atoms with van der Waals surface area (Å²) in [4.78, 5) is 30.7. The van der Waals surface area contributed by atoms with E-state index in [1.807, 2.05) is 41.3 Å². The largest absolute Gasteiger partial charge is 0.343 e. The predicted molar refractivity (Wildman–Crippen MR) is 101 cm³/mol. The van der Waals surface area contributed by atoms with Gasteiger partial charge in [-0.3, -0.25) is 14.3 Å². The summed E-state index contributed by atoms with van der Waals surface area (Å²) in [7, 11) is 0. The summed E-state index contributed by atoms with van der Waals surface area (Å²) >= 11 is 0. The second-order valence-corrected chi connectivity index (χ2v) is 6.74. The average Bonchev–Trinajstić information content (AvgIpc) is 3.09. The number of rotatable bonds is 4. The second kappa shape index (κ2) is 7.57. The van der Waals surface area contributed by atoms with Gasteiger partial charge in [0.25, 0.3) is 5.91 Å². The maximum Gasteiger partial charge on any atom is 0.343 e. The van der Waals surface area contributed by atoms with Gasteiger partial charge in [-0.25, -0.2) is 9.89 Å². The van der Waals surface area contributed by atoms with Crippen molar-refractivity contribution in [2.75, 3.05) is 13.1 Å². The van der Waals surface area contributed by atoms with Crippen molar-refractivity contribution >= 4 is 5.91 Å². The molecule has 7 nitrogen and oxygen atoms in total. The SMILES string of the molecule is O=C(c1ccccn1)N1CCC(c2n[nH]c(=O)n2Cc2ccccc2)CC1. The number of aromatic amines is 1. The first kappa shape index (κ1) is 17.2. The highest BCUT2D eigenvalue weighted by Crippen LogP contribution is 2.27. The zero-order valence-corrected chi connectivity index (χ0v) is 14.9. The van der Waals surface area contributed by atoms with Crippen LogP contribution in [0.3, 0.4) is 0 Å². The third-order valence-corrected chi connectivity index (χ3v) is 5.00. The van der Waals surface area contributed by atoms with E-state index in [2.05, 4.69) is 15.2 Å². The number of pyridine rings is 1. The van der Waals surface area contributed by atoms with Crippen LogP contribution in [0.1, 0.15) is 40.6 Å². The normalized spacial score (nSPS) is 15.0. The third-order valence-electron chi connectivity index (χ3n) is 5.00. The molecule has 7 heteroatoms. The highest BCUT2D eigenvalue weighted by molar-refractivity contribution is 5.92. The summed E-state index contributed by atoms with van der Waals surface area (Å²) in [5, 5.41) is 6.85. The summed E-state index contributed by atoms with van der Waals surface area (Å²) in [6.45, 7) is 1.76. The van der Waals surface area contributed by atoms with E-state index in [1.54, 1.807) is 22.9 Å². The molecule has 1 aliphatic rings. The fourth-order valence-corrected chi connectivity index (χ4v) is 3.55. The molecule has 0 spiro atoms. The second-order valence-electron chi connectivity index (χ2n) is 6.74. The van der Waals surface area contributed by atoms with Crippen LogP contribution in [0.5, 0.6) is 0 Å². The predicted octanol–water partition coefficient (Wildman–Crippen LogP) is 2.03. The van der Waals surface area contributed by atoms with E-state index in [-0.39, 0.29) is 17.5 Å². The Labute approximate surface area is 156 Å². The molecular weight excluding hydrogens is 342 g/mol. The van der Waals surface area contributed by atoms with Gasteiger partial charge in [0.1, 0.15) is 11.5 Å². The minimum atomic E-state index is -0.194. The summed E-state index contributed by atoms with van der Waals surface area (Å²) in [5.41, 5.74) is 1.34. The van der Waals surface area contributed by atoms with Gasteiger partial charge >= 0.3 is 5.69 Å². The number of carbonyl (C=O) groups excluding carboxylic acids is 1. The number of hydrogen-bond donors (Lipinski definition) is 1. The number of likely N-dealkylation sites (tertiary alicyclic amines) is 1. The first-order valence-corrected chi connectivity index (χ1v) is 9.11. The standard InChI is InChI=1S/C20H21N5O2/c26-19(17-8-4-5-11-21-17)24-12-9-16(10-13-24)18-22-23-20(27)25(18)14-15-6-2-1-3-7-15/h1-8,11,16H,9-10,12-14H2,(H,23,27). The number of benzene rings is 1. The molecule has 1 aromatic carbocycles. The van der Waals surface area contributed by atoms with E-state index in [9.17, 15) is 9.59 Å². The minimum absolute atomic E-state index is 0.0437. The number of amides is 1. The molecule has 1 saturated heterocycles. The zero-order chi connectivity index (χ0) is 18.6. The van der Waals surface area contributed by atoms with Crippen LogP contribution < -0.4 is 5.69 Å². The Morgan fingerprint density at radius 3 is 2.52 bits per heavy atom. The van der Waals surface area contributed by atoms with Crippen molar-refractivity contribution in [2.45, 2.75) is 25.3 Å². The molecule has 0 radical (unpaired) electrons. The lowest BCUT2D eigenvalue weighted by Gasteiger charge is -2.31. The number of nitrogens with zero attached hydrogens (tertiary/aromatic N) is 4. The van der Waals surface area contributed by atoms with Crippen LogP contribution in [-0.4, -0.2) is 43.6 Å². The van der Waals surface area contributed by atoms with E-state index >= 15 is 0 Å². The lowest BCUT2D eigenvalue weighted by Crippen LogP contribution is -2.39. The molecule has 2 aromatic heterocycles. The Morgan fingerprint density at radius 1 is 1.07 bits per heavy atom. The van der Waals surface area contributed by atoms with Gasteiger partial charge in [0.05, 0.1) is 6.54 Å². The molecule has 1 aliphatic heterocycles. The molecule has 0 aliphatic carbocycles. The van der Waals surface area contributed by atoms with Crippen molar-refractivity contribution in [3.05, 3.63) is 82.3 Å². The third kappa shape index (κ3) is 3.67. The molecule has 3 aromatic rings. The molecule has 1 amide bonds. The Bertz CT molecular complexity index is 957. The first-order valence-electron chi connectivity index (χ1n) is 9.11. The van der Waals surface area contributed by atoms with Crippen LogP contribution >= 0.6 is 0 Å². The van der Waals surface area contributed by atoms with Gasteiger partial charge in [-0.15, -0.1) is 0 Å². The molecule has 1 N–H and O–H groups in total. The molecule has 0 unspecified atom stereocenters. The van der Waals surface area contributed by atoms with Gasteiger partial charge in [0.15, 0.2) is 0 Å². The monoisotopic (exact) mass is 363 g/mol. The van der Waals surface area contributed by atoms with Crippen molar-refractivity contribution in [1.82, 2.24) is 24.6 Å². The van der Waals surface area contributed by atoms with Crippen LogP contribution in [-0.2, 0) is 6.54 Å². The molecule has 27 heavy (non-hydrogen) atoms. The van der Waals surface area contributed by atoms with Crippen molar-refractivity contribution in [3.8, 4) is 0 Å². The Kier molecular flexibility index (Phi) is 4.82. The summed E-state index contributed by atoms with van der Waals surface area (Å²) < 4.78 is 1.70. The maximum atomic E-state index is 12.5. The van der Waals surface area contributed by atoms with E-state index in [4.69, 9.17) is 0 Å². The lowest BCUT2D eigenvalue weighted by molar-refractivity contribution is 0.0704. The fraction of sp³-hybridized carbons (Fsp3) is 0.300. The van der Waals surface area contributed by atoms with Gasteiger partial charge in [-0.1, -0.05) is 36.4 Å². The number of H-pyrrole nitrogens is 1.